The summed E-state index contributed by atoms with van der Waals surface area (Å²) in [6, 6.07) is 20.2. The maximum absolute atomic E-state index is 13.3. The zero-order valence-electron chi connectivity index (χ0n) is 17.5. The van der Waals surface area contributed by atoms with Gasteiger partial charge in [0.25, 0.3) is 11.5 Å². The van der Waals surface area contributed by atoms with Gasteiger partial charge < -0.3 is 14.6 Å². The number of aromatic amines is 1. The Balaban J connectivity index is 1.74. The van der Waals surface area contributed by atoms with Crippen molar-refractivity contribution in [1.82, 2.24) is 9.97 Å². The smallest absolute Gasteiger partial charge is 0.277 e. The molecule has 0 unspecified atom stereocenters. The van der Waals surface area contributed by atoms with E-state index in [1.807, 2.05) is 62.4 Å². The standard InChI is InChI=1S/C25H23N3O3/c1-3-31-21-11-9-20(10-12-21)28(25(30)22-6-4-5-13-26-22)16-19-15-18-8-7-17(2)14-23(18)27-24(19)29/h4-15H,3,16H2,1-2H3,(H,27,29). The number of H-pyrrole nitrogens is 1. The Kier molecular flexibility index (Phi) is 5.80. The summed E-state index contributed by atoms with van der Waals surface area (Å²) in [6.45, 7) is 4.56. The van der Waals surface area contributed by atoms with E-state index in [-0.39, 0.29) is 18.0 Å². The molecule has 0 fully saturated rings. The zero-order chi connectivity index (χ0) is 21.8. The second-order valence-electron chi connectivity index (χ2n) is 7.25. The molecule has 156 valence electrons. The van der Waals surface area contributed by atoms with Crippen LogP contribution in [-0.4, -0.2) is 22.5 Å². The van der Waals surface area contributed by atoms with Crippen molar-refractivity contribution in [3.05, 3.63) is 100 Å². The second kappa shape index (κ2) is 8.83. The fourth-order valence-corrected chi connectivity index (χ4v) is 3.44. The van der Waals surface area contributed by atoms with E-state index in [0.29, 0.717) is 23.6 Å². The van der Waals surface area contributed by atoms with Crippen LogP contribution in [0.15, 0.2) is 77.7 Å². The van der Waals surface area contributed by atoms with E-state index in [2.05, 4.69) is 9.97 Å². The maximum Gasteiger partial charge on any atom is 0.277 e. The van der Waals surface area contributed by atoms with Crippen molar-refractivity contribution in [2.24, 2.45) is 0 Å². The number of carbonyl (C=O) groups is 1. The monoisotopic (exact) mass is 413 g/mol. The number of aromatic nitrogens is 2. The molecule has 2 aromatic heterocycles. The van der Waals surface area contributed by atoms with Gasteiger partial charge in [0.05, 0.1) is 13.2 Å². The van der Waals surface area contributed by atoms with Crippen LogP contribution in [0.25, 0.3) is 10.9 Å². The predicted octanol–water partition coefficient (Wildman–Crippen LogP) is 4.48. The van der Waals surface area contributed by atoms with Crippen LogP contribution in [0.4, 0.5) is 5.69 Å². The van der Waals surface area contributed by atoms with Gasteiger partial charge in [-0.15, -0.1) is 0 Å². The SMILES string of the molecule is CCOc1ccc(N(Cc2cc3ccc(C)cc3[nH]c2=O)C(=O)c2ccccn2)cc1. The number of pyridine rings is 2. The Bertz CT molecular complexity index is 1260. The number of benzene rings is 2. The highest BCUT2D eigenvalue weighted by Gasteiger charge is 2.21. The van der Waals surface area contributed by atoms with E-state index < -0.39 is 0 Å². The van der Waals surface area contributed by atoms with Gasteiger partial charge in [-0.2, -0.15) is 0 Å². The van der Waals surface area contributed by atoms with Gasteiger partial charge >= 0.3 is 0 Å². The predicted molar refractivity (Wildman–Crippen MR) is 122 cm³/mol. The Morgan fingerprint density at radius 1 is 1.06 bits per heavy atom. The third kappa shape index (κ3) is 4.48. The normalized spacial score (nSPS) is 10.8. The minimum absolute atomic E-state index is 0.114. The summed E-state index contributed by atoms with van der Waals surface area (Å²) in [4.78, 5) is 34.8. The van der Waals surface area contributed by atoms with Crippen molar-refractivity contribution in [2.45, 2.75) is 20.4 Å². The van der Waals surface area contributed by atoms with E-state index in [1.54, 1.807) is 29.3 Å². The highest BCUT2D eigenvalue weighted by Crippen LogP contribution is 2.23. The number of anilines is 1. The summed E-state index contributed by atoms with van der Waals surface area (Å²) in [5.74, 6) is 0.434. The first kappa shape index (κ1) is 20.3. The van der Waals surface area contributed by atoms with Crippen molar-refractivity contribution in [2.75, 3.05) is 11.5 Å². The van der Waals surface area contributed by atoms with E-state index in [1.165, 1.54) is 0 Å². The summed E-state index contributed by atoms with van der Waals surface area (Å²) in [7, 11) is 0. The highest BCUT2D eigenvalue weighted by atomic mass is 16.5. The lowest BCUT2D eigenvalue weighted by molar-refractivity contribution is 0.0980. The molecule has 0 aliphatic carbocycles. The molecule has 2 aromatic carbocycles. The third-order valence-electron chi connectivity index (χ3n) is 5.00. The van der Waals surface area contributed by atoms with Gasteiger partial charge in [0.2, 0.25) is 0 Å². The maximum atomic E-state index is 13.3. The van der Waals surface area contributed by atoms with Crippen molar-refractivity contribution >= 4 is 22.5 Å². The number of hydrogen-bond acceptors (Lipinski definition) is 4. The van der Waals surface area contributed by atoms with Gasteiger partial charge in [-0.05, 0) is 73.3 Å². The molecular formula is C25H23N3O3. The quantitative estimate of drug-likeness (QED) is 0.506. The largest absolute Gasteiger partial charge is 0.494 e. The van der Waals surface area contributed by atoms with Crippen molar-refractivity contribution in [3.63, 3.8) is 0 Å². The Morgan fingerprint density at radius 3 is 2.58 bits per heavy atom. The molecule has 31 heavy (non-hydrogen) atoms. The fraction of sp³-hybridized carbons (Fsp3) is 0.160. The molecular weight excluding hydrogens is 390 g/mol. The summed E-state index contributed by atoms with van der Waals surface area (Å²) in [5, 5.41) is 0.914. The van der Waals surface area contributed by atoms with Crippen LogP contribution >= 0.6 is 0 Å². The lowest BCUT2D eigenvalue weighted by atomic mass is 10.1. The molecule has 0 aliphatic rings. The highest BCUT2D eigenvalue weighted by molar-refractivity contribution is 6.04. The van der Waals surface area contributed by atoms with E-state index >= 15 is 0 Å². The third-order valence-corrected chi connectivity index (χ3v) is 5.00. The number of nitrogens with one attached hydrogen (secondary N) is 1. The minimum atomic E-state index is -0.284. The Labute approximate surface area is 180 Å². The molecule has 1 N–H and O–H groups in total. The molecule has 0 bridgehead atoms. The van der Waals surface area contributed by atoms with Crippen LogP contribution in [0.3, 0.4) is 0 Å². The minimum Gasteiger partial charge on any atom is -0.494 e. The molecule has 1 amide bonds. The van der Waals surface area contributed by atoms with E-state index in [4.69, 9.17) is 4.74 Å². The first-order valence-electron chi connectivity index (χ1n) is 10.1. The summed E-state index contributed by atoms with van der Waals surface area (Å²) >= 11 is 0. The van der Waals surface area contributed by atoms with Gasteiger partial charge in [0.15, 0.2) is 0 Å². The molecule has 2 heterocycles. The average Bonchev–Trinajstić information content (AvgIpc) is 2.79. The van der Waals surface area contributed by atoms with Crippen LogP contribution < -0.4 is 15.2 Å². The van der Waals surface area contributed by atoms with Crippen molar-refractivity contribution in [1.29, 1.82) is 0 Å². The van der Waals surface area contributed by atoms with Crippen molar-refractivity contribution in [3.8, 4) is 5.75 Å². The van der Waals surface area contributed by atoms with Crippen molar-refractivity contribution < 1.29 is 9.53 Å². The molecule has 0 saturated heterocycles. The number of hydrogen-bond donors (Lipinski definition) is 1. The van der Waals surface area contributed by atoms with Crippen LogP contribution in [0.2, 0.25) is 0 Å². The molecule has 0 radical (unpaired) electrons. The molecule has 0 aliphatic heterocycles. The topological polar surface area (TPSA) is 75.3 Å². The number of aryl methyl sites for hydroxylation is 1. The number of amides is 1. The molecule has 4 rings (SSSR count). The molecule has 6 heteroatoms. The van der Waals surface area contributed by atoms with Gasteiger partial charge in [-0.1, -0.05) is 18.2 Å². The summed E-state index contributed by atoms with van der Waals surface area (Å²) in [6.07, 6.45) is 1.58. The summed E-state index contributed by atoms with van der Waals surface area (Å²) < 4.78 is 5.51. The number of ether oxygens (including phenoxy) is 1. The van der Waals surface area contributed by atoms with E-state index in [0.717, 1.165) is 22.2 Å². The van der Waals surface area contributed by atoms with Crippen LogP contribution in [0.1, 0.15) is 28.5 Å². The molecule has 0 atom stereocenters. The second-order valence-corrected chi connectivity index (χ2v) is 7.25. The lowest BCUT2D eigenvalue weighted by Gasteiger charge is -2.23. The zero-order valence-corrected chi connectivity index (χ0v) is 17.5. The van der Waals surface area contributed by atoms with Crippen LogP contribution in [-0.2, 0) is 6.54 Å². The van der Waals surface area contributed by atoms with Crippen LogP contribution in [0.5, 0.6) is 5.75 Å². The lowest BCUT2D eigenvalue weighted by Crippen LogP contribution is -2.33. The van der Waals surface area contributed by atoms with Gasteiger partial charge in [0.1, 0.15) is 11.4 Å². The first-order chi connectivity index (χ1) is 15.0. The van der Waals surface area contributed by atoms with E-state index in [9.17, 15) is 9.59 Å². The Morgan fingerprint density at radius 2 is 1.87 bits per heavy atom. The molecule has 0 saturated carbocycles. The average molecular weight is 413 g/mol. The number of carbonyl (C=O) groups excluding carboxylic acids is 1. The summed E-state index contributed by atoms with van der Waals surface area (Å²) in [5.41, 5.74) is 3.08. The number of rotatable bonds is 6. The molecule has 6 nitrogen and oxygen atoms in total. The molecule has 0 spiro atoms. The van der Waals surface area contributed by atoms with Gasteiger partial charge in [-0.3, -0.25) is 14.6 Å². The molecule has 4 aromatic rings. The van der Waals surface area contributed by atoms with Crippen LogP contribution in [0, 0.1) is 6.92 Å². The van der Waals surface area contributed by atoms with Gasteiger partial charge in [-0.25, -0.2) is 0 Å². The van der Waals surface area contributed by atoms with Gasteiger partial charge in [0, 0.05) is 23.0 Å². The number of fused-ring (bicyclic) bond motifs is 1. The number of nitrogens with zero attached hydrogens (tertiary/aromatic N) is 2. The first-order valence-corrected chi connectivity index (χ1v) is 10.1. The fourth-order valence-electron chi connectivity index (χ4n) is 3.44. The Hall–Kier alpha value is -3.93.